The van der Waals surface area contributed by atoms with Crippen molar-refractivity contribution in [2.24, 2.45) is 0 Å². The number of anilines is 1. The monoisotopic (exact) mass is 237 g/mol. The first-order valence-corrected chi connectivity index (χ1v) is 6.51. The van der Waals surface area contributed by atoms with Crippen LogP contribution in [0, 0.1) is 0 Å². The molecule has 0 radical (unpaired) electrons. The first-order chi connectivity index (χ1) is 7.75. The maximum atomic E-state index is 11.8. The summed E-state index contributed by atoms with van der Waals surface area (Å²) in [5.41, 5.74) is 6.04. The van der Waals surface area contributed by atoms with Crippen molar-refractivity contribution in [3.05, 3.63) is 23.9 Å². The van der Waals surface area contributed by atoms with Crippen molar-refractivity contribution in [3.63, 3.8) is 0 Å². The molecule has 1 amide bonds. The zero-order chi connectivity index (χ0) is 11.4. The summed E-state index contributed by atoms with van der Waals surface area (Å²) in [6.07, 6.45) is 3.62. The van der Waals surface area contributed by atoms with E-state index in [1.165, 1.54) is 6.20 Å². The van der Waals surface area contributed by atoms with Crippen LogP contribution in [0.5, 0.6) is 0 Å². The van der Waals surface area contributed by atoms with Crippen LogP contribution >= 0.6 is 11.8 Å². The van der Waals surface area contributed by atoms with Crippen LogP contribution in [0.25, 0.3) is 0 Å². The molecule has 1 aliphatic heterocycles. The first kappa shape index (κ1) is 11.3. The highest BCUT2D eigenvalue weighted by molar-refractivity contribution is 7.99. The molecule has 3 N–H and O–H groups in total. The highest BCUT2D eigenvalue weighted by atomic mass is 32.2. The van der Waals surface area contributed by atoms with Gasteiger partial charge in [-0.05, 0) is 36.5 Å². The molecule has 5 heteroatoms. The van der Waals surface area contributed by atoms with Gasteiger partial charge in [-0.2, -0.15) is 11.8 Å². The van der Waals surface area contributed by atoms with Crippen molar-refractivity contribution in [1.82, 2.24) is 10.3 Å². The van der Waals surface area contributed by atoms with Gasteiger partial charge >= 0.3 is 0 Å². The van der Waals surface area contributed by atoms with Gasteiger partial charge in [-0.25, -0.2) is 4.98 Å². The Balaban J connectivity index is 1.94. The number of pyridine rings is 1. The third-order valence-electron chi connectivity index (χ3n) is 2.61. The maximum Gasteiger partial charge on any atom is 0.253 e. The van der Waals surface area contributed by atoms with Crippen molar-refractivity contribution in [1.29, 1.82) is 0 Å². The Morgan fingerprint density at radius 1 is 1.44 bits per heavy atom. The Labute approximate surface area is 99.0 Å². The summed E-state index contributed by atoms with van der Waals surface area (Å²) in [5, 5.41) is 3.02. The maximum absolute atomic E-state index is 11.8. The lowest BCUT2D eigenvalue weighted by atomic mass is 10.1. The number of nitrogens with two attached hydrogens (primary N) is 1. The van der Waals surface area contributed by atoms with Crippen molar-refractivity contribution in [2.45, 2.75) is 18.9 Å². The molecule has 4 nitrogen and oxygen atoms in total. The highest BCUT2D eigenvalue weighted by Gasteiger charge is 2.16. The quantitative estimate of drug-likeness (QED) is 0.813. The van der Waals surface area contributed by atoms with E-state index >= 15 is 0 Å². The number of amides is 1. The number of carbonyl (C=O) groups is 1. The van der Waals surface area contributed by atoms with Crippen LogP contribution in [0.2, 0.25) is 0 Å². The van der Waals surface area contributed by atoms with E-state index in [1.54, 1.807) is 12.1 Å². The number of thioether (sulfide) groups is 1. The van der Waals surface area contributed by atoms with Crippen LogP contribution in [0.15, 0.2) is 18.3 Å². The zero-order valence-corrected chi connectivity index (χ0v) is 9.80. The van der Waals surface area contributed by atoms with E-state index in [4.69, 9.17) is 5.73 Å². The molecule has 0 saturated carbocycles. The molecule has 0 spiro atoms. The Morgan fingerprint density at radius 2 is 2.19 bits per heavy atom. The summed E-state index contributed by atoms with van der Waals surface area (Å²) in [6.45, 7) is 0. The fourth-order valence-electron chi connectivity index (χ4n) is 1.65. The number of nitrogen functional groups attached to an aromatic ring is 1. The van der Waals surface area contributed by atoms with Crippen LogP contribution in [0.1, 0.15) is 23.2 Å². The van der Waals surface area contributed by atoms with Crippen LogP contribution in [0.3, 0.4) is 0 Å². The molecule has 2 rings (SSSR count). The van der Waals surface area contributed by atoms with E-state index in [0.29, 0.717) is 17.4 Å². The van der Waals surface area contributed by atoms with Gasteiger partial charge in [0.25, 0.3) is 5.91 Å². The third kappa shape index (κ3) is 2.88. The largest absolute Gasteiger partial charge is 0.384 e. The SMILES string of the molecule is Nc1ccc(C(=O)NC2CCSCC2)cn1. The Morgan fingerprint density at radius 3 is 2.81 bits per heavy atom. The van der Waals surface area contributed by atoms with Crippen molar-refractivity contribution >= 4 is 23.5 Å². The standard InChI is InChI=1S/C11H15N3OS/c12-10-2-1-8(7-13-10)11(15)14-9-3-5-16-6-4-9/h1-2,7,9H,3-6H2,(H2,12,13)(H,14,15). The van der Waals surface area contributed by atoms with E-state index in [0.717, 1.165) is 24.3 Å². The lowest BCUT2D eigenvalue weighted by molar-refractivity contribution is 0.0934. The second kappa shape index (κ2) is 5.21. The summed E-state index contributed by atoms with van der Waals surface area (Å²) in [7, 11) is 0. The van der Waals surface area contributed by atoms with Gasteiger partial charge in [0.15, 0.2) is 0 Å². The molecule has 1 saturated heterocycles. The summed E-state index contributed by atoms with van der Waals surface area (Å²) in [5.74, 6) is 2.64. The fraction of sp³-hybridized carbons (Fsp3) is 0.455. The molecule has 86 valence electrons. The van der Waals surface area contributed by atoms with Crippen molar-refractivity contribution in [2.75, 3.05) is 17.2 Å². The normalized spacial score (nSPS) is 17.0. The highest BCUT2D eigenvalue weighted by Crippen LogP contribution is 2.17. The van der Waals surface area contributed by atoms with Gasteiger partial charge in [0, 0.05) is 12.2 Å². The average molecular weight is 237 g/mol. The second-order valence-corrected chi connectivity index (χ2v) is 5.06. The molecule has 2 heterocycles. The molecule has 1 aliphatic rings. The molecule has 0 bridgehead atoms. The van der Waals surface area contributed by atoms with E-state index in [2.05, 4.69) is 10.3 Å². The first-order valence-electron chi connectivity index (χ1n) is 5.36. The van der Waals surface area contributed by atoms with Gasteiger partial charge in [0.05, 0.1) is 5.56 Å². The van der Waals surface area contributed by atoms with Crippen molar-refractivity contribution in [3.8, 4) is 0 Å². The number of aromatic nitrogens is 1. The average Bonchev–Trinajstić information content (AvgIpc) is 2.31. The third-order valence-corrected chi connectivity index (χ3v) is 3.65. The van der Waals surface area contributed by atoms with Crippen LogP contribution in [-0.4, -0.2) is 28.4 Å². The molecule has 1 aromatic heterocycles. The van der Waals surface area contributed by atoms with Gasteiger partial charge in [-0.3, -0.25) is 4.79 Å². The summed E-state index contributed by atoms with van der Waals surface area (Å²) in [4.78, 5) is 15.7. The van der Waals surface area contributed by atoms with Gasteiger partial charge in [-0.1, -0.05) is 0 Å². The smallest absolute Gasteiger partial charge is 0.253 e. The van der Waals surface area contributed by atoms with E-state index in [9.17, 15) is 4.79 Å². The summed E-state index contributed by atoms with van der Waals surface area (Å²) < 4.78 is 0. The Kier molecular flexibility index (Phi) is 3.66. The lowest BCUT2D eigenvalue weighted by Gasteiger charge is -2.22. The lowest BCUT2D eigenvalue weighted by Crippen LogP contribution is -2.37. The second-order valence-electron chi connectivity index (χ2n) is 3.83. The van der Waals surface area contributed by atoms with E-state index in [1.807, 2.05) is 11.8 Å². The van der Waals surface area contributed by atoms with Crippen LogP contribution in [-0.2, 0) is 0 Å². The van der Waals surface area contributed by atoms with Gasteiger partial charge in [0.2, 0.25) is 0 Å². The minimum Gasteiger partial charge on any atom is -0.384 e. The van der Waals surface area contributed by atoms with Gasteiger partial charge in [-0.15, -0.1) is 0 Å². The predicted molar refractivity (Wildman–Crippen MR) is 66.5 cm³/mol. The van der Waals surface area contributed by atoms with Crippen LogP contribution < -0.4 is 11.1 Å². The summed E-state index contributed by atoms with van der Waals surface area (Å²) >= 11 is 1.94. The zero-order valence-electron chi connectivity index (χ0n) is 8.98. The van der Waals surface area contributed by atoms with E-state index < -0.39 is 0 Å². The topological polar surface area (TPSA) is 68.0 Å². The molecule has 0 aliphatic carbocycles. The molecular weight excluding hydrogens is 222 g/mol. The number of hydrogen-bond acceptors (Lipinski definition) is 4. The Hall–Kier alpha value is -1.23. The number of hydrogen-bond donors (Lipinski definition) is 2. The van der Waals surface area contributed by atoms with Gasteiger partial charge < -0.3 is 11.1 Å². The summed E-state index contributed by atoms with van der Waals surface area (Å²) in [6, 6.07) is 3.66. The number of nitrogens with one attached hydrogen (secondary N) is 1. The molecule has 0 unspecified atom stereocenters. The molecule has 1 fully saturated rings. The number of nitrogens with zero attached hydrogens (tertiary/aromatic N) is 1. The molecule has 0 aromatic carbocycles. The number of rotatable bonds is 2. The minimum absolute atomic E-state index is 0.0515. The molecular formula is C11H15N3OS. The van der Waals surface area contributed by atoms with Crippen LogP contribution in [0.4, 0.5) is 5.82 Å². The van der Waals surface area contributed by atoms with Gasteiger partial charge in [0.1, 0.15) is 5.82 Å². The minimum atomic E-state index is -0.0515. The molecule has 16 heavy (non-hydrogen) atoms. The molecule has 0 atom stereocenters. The Bertz CT molecular complexity index is 360. The van der Waals surface area contributed by atoms with Crippen molar-refractivity contribution < 1.29 is 4.79 Å². The van der Waals surface area contributed by atoms with E-state index in [-0.39, 0.29) is 5.91 Å². The number of carbonyl (C=O) groups excluding carboxylic acids is 1. The molecule has 1 aromatic rings. The predicted octanol–water partition coefficient (Wildman–Crippen LogP) is 1.29. The fourth-order valence-corrected chi connectivity index (χ4v) is 2.76.